The van der Waals surface area contributed by atoms with Crippen LogP contribution in [-0.4, -0.2) is 26.1 Å². The van der Waals surface area contributed by atoms with Crippen molar-refractivity contribution < 1.29 is 23.1 Å². The largest absolute Gasteiger partial charge is 0.476 e. The van der Waals surface area contributed by atoms with E-state index < -0.39 is 29.6 Å². The lowest BCUT2D eigenvalue weighted by Gasteiger charge is -2.14. The Kier molecular flexibility index (Phi) is 2.80. The van der Waals surface area contributed by atoms with Gasteiger partial charge in [-0.2, -0.15) is 13.2 Å². The molecule has 2 rings (SSSR count). The molecule has 17 heavy (non-hydrogen) atoms. The van der Waals surface area contributed by atoms with Gasteiger partial charge in [0.15, 0.2) is 5.69 Å². The maximum Gasteiger partial charge on any atom is 0.435 e. The molecule has 0 spiro atoms. The van der Waals surface area contributed by atoms with E-state index in [2.05, 4.69) is 10.3 Å². The van der Waals surface area contributed by atoms with E-state index in [1.807, 2.05) is 0 Å². The van der Waals surface area contributed by atoms with Gasteiger partial charge in [-0.1, -0.05) is 18.1 Å². The van der Waals surface area contributed by atoms with Crippen LogP contribution in [-0.2, 0) is 6.18 Å². The Hall–Kier alpha value is -1.60. The van der Waals surface area contributed by atoms with E-state index in [1.165, 1.54) is 0 Å². The standard InChI is InChI=1S/C9H10F3N3O2/c10-9(11,12)7-6(8(16)17)13-14-15(7)5-3-1-2-4-5/h5H,1-4H2,(H,16,17). The SMILES string of the molecule is O=C(O)c1nnn(C2CCCC2)c1C(F)(F)F. The molecule has 94 valence electrons. The molecule has 1 aromatic heterocycles. The minimum absolute atomic E-state index is 0.396. The molecule has 8 heteroatoms. The molecule has 0 atom stereocenters. The summed E-state index contributed by atoms with van der Waals surface area (Å²) in [5.41, 5.74) is -2.28. The van der Waals surface area contributed by atoms with Crippen LogP contribution < -0.4 is 0 Å². The van der Waals surface area contributed by atoms with Gasteiger partial charge in [-0.15, -0.1) is 5.10 Å². The third-order valence-corrected chi connectivity index (χ3v) is 2.84. The molecule has 5 nitrogen and oxygen atoms in total. The van der Waals surface area contributed by atoms with Crippen molar-refractivity contribution in [1.29, 1.82) is 0 Å². The van der Waals surface area contributed by atoms with E-state index in [4.69, 9.17) is 5.11 Å². The molecule has 1 saturated carbocycles. The zero-order valence-corrected chi connectivity index (χ0v) is 8.74. The van der Waals surface area contributed by atoms with Gasteiger partial charge in [0, 0.05) is 0 Å². The highest BCUT2D eigenvalue weighted by atomic mass is 19.4. The van der Waals surface area contributed by atoms with E-state index in [-0.39, 0.29) is 0 Å². The van der Waals surface area contributed by atoms with Gasteiger partial charge in [0.2, 0.25) is 5.69 Å². The average molecular weight is 249 g/mol. The van der Waals surface area contributed by atoms with E-state index in [0.717, 1.165) is 17.5 Å². The molecule has 0 aliphatic heterocycles. The minimum Gasteiger partial charge on any atom is -0.476 e. The van der Waals surface area contributed by atoms with Gasteiger partial charge in [0.1, 0.15) is 0 Å². The molecule has 0 saturated heterocycles. The normalized spacial score (nSPS) is 17.6. The minimum atomic E-state index is -4.75. The summed E-state index contributed by atoms with van der Waals surface area (Å²) in [6, 6.07) is -0.396. The van der Waals surface area contributed by atoms with Gasteiger partial charge >= 0.3 is 12.1 Å². The third-order valence-electron chi connectivity index (χ3n) is 2.84. The molecule has 1 aliphatic rings. The predicted octanol–water partition coefficient (Wildman–Crippen LogP) is 2.11. The van der Waals surface area contributed by atoms with E-state index >= 15 is 0 Å². The molecule has 1 aliphatic carbocycles. The van der Waals surface area contributed by atoms with Crippen LogP contribution in [0.1, 0.15) is 47.9 Å². The van der Waals surface area contributed by atoms with Gasteiger partial charge < -0.3 is 5.11 Å². The number of rotatable bonds is 2. The number of hydrogen-bond donors (Lipinski definition) is 1. The Morgan fingerprint density at radius 2 is 1.94 bits per heavy atom. The lowest BCUT2D eigenvalue weighted by atomic mass is 10.2. The molecule has 1 fully saturated rings. The maximum absolute atomic E-state index is 12.8. The number of alkyl halides is 3. The first kappa shape index (κ1) is 11.9. The van der Waals surface area contributed by atoms with Crippen LogP contribution in [0.15, 0.2) is 0 Å². The number of carboxylic acid groups (broad SMARTS) is 1. The van der Waals surface area contributed by atoms with E-state index in [1.54, 1.807) is 0 Å². The van der Waals surface area contributed by atoms with Crippen molar-refractivity contribution >= 4 is 5.97 Å². The smallest absolute Gasteiger partial charge is 0.435 e. The van der Waals surface area contributed by atoms with Crippen LogP contribution in [0.25, 0.3) is 0 Å². The number of carbonyl (C=O) groups is 1. The van der Waals surface area contributed by atoms with Gasteiger partial charge in [-0.25, -0.2) is 9.48 Å². The van der Waals surface area contributed by atoms with Gasteiger partial charge in [0.25, 0.3) is 0 Å². The van der Waals surface area contributed by atoms with Crippen LogP contribution in [0.3, 0.4) is 0 Å². The number of nitrogens with zero attached hydrogens (tertiary/aromatic N) is 3. The molecule has 0 amide bonds. The van der Waals surface area contributed by atoms with Crippen molar-refractivity contribution in [3.63, 3.8) is 0 Å². The lowest BCUT2D eigenvalue weighted by Crippen LogP contribution is -2.20. The Morgan fingerprint density at radius 3 is 2.41 bits per heavy atom. The molecule has 0 aromatic carbocycles. The molecule has 1 N–H and O–H groups in total. The molecule has 0 unspecified atom stereocenters. The second-order valence-corrected chi connectivity index (χ2v) is 3.97. The third kappa shape index (κ3) is 2.11. The van der Waals surface area contributed by atoms with Crippen LogP contribution in [0, 0.1) is 0 Å². The van der Waals surface area contributed by atoms with E-state index in [0.29, 0.717) is 12.8 Å². The van der Waals surface area contributed by atoms with Crippen molar-refractivity contribution in [1.82, 2.24) is 15.0 Å². The fourth-order valence-corrected chi connectivity index (χ4v) is 2.11. The quantitative estimate of drug-likeness (QED) is 0.871. The number of aromatic carboxylic acids is 1. The zero-order chi connectivity index (χ0) is 12.6. The van der Waals surface area contributed by atoms with Gasteiger partial charge in [-0.05, 0) is 12.8 Å². The van der Waals surface area contributed by atoms with Crippen molar-refractivity contribution in [3.8, 4) is 0 Å². The Morgan fingerprint density at radius 1 is 1.35 bits per heavy atom. The summed E-state index contributed by atoms with van der Waals surface area (Å²) in [6.45, 7) is 0. The highest BCUT2D eigenvalue weighted by Gasteiger charge is 2.43. The van der Waals surface area contributed by atoms with Gasteiger partial charge in [-0.3, -0.25) is 0 Å². The molecule has 1 aromatic rings. The second kappa shape index (κ2) is 4.01. The number of aromatic nitrogens is 3. The number of halogens is 3. The molecule has 1 heterocycles. The lowest BCUT2D eigenvalue weighted by molar-refractivity contribution is -0.145. The monoisotopic (exact) mass is 249 g/mol. The summed E-state index contributed by atoms with van der Waals surface area (Å²) in [6.07, 6.45) is -1.95. The first-order chi connectivity index (χ1) is 7.91. The topological polar surface area (TPSA) is 68.0 Å². The van der Waals surface area contributed by atoms with Gasteiger partial charge in [0.05, 0.1) is 6.04 Å². The molecule has 0 bridgehead atoms. The fraction of sp³-hybridized carbons (Fsp3) is 0.667. The summed E-state index contributed by atoms with van der Waals surface area (Å²) < 4.78 is 39.1. The van der Waals surface area contributed by atoms with Crippen LogP contribution in [0.2, 0.25) is 0 Å². The van der Waals surface area contributed by atoms with E-state index in [9.17, 15) is 18.0 Å². The number of hydrogen-bond acceptors (Lipinski definition) is 3. The summed E-state index contributed by atoms with van der Waals surface area (Å²) in [5, 5.41) is 15.1. The molecular weight excluding hydrogens is 239 g/mol. The summed E-state index contributed by atoms with van der Waals surface area (Å²) in [7, 11) is 0. The zero-order valence-electron chi connectivity index (χ0n) is 8.74. The Balaban J connectivity index is 2.48. The second-order valence-electron chi connectivity index (χ2n) is 3.97. The molecule has 0 radical (unpaired) electrons. The van der Waals surface area contributed by atoms with Crippen LogP contribution in [0.4, 0.5) is 13.2 Å². The van der Waals surface area contributed by atoms with Crippen molar-refractivity contribution in [2.24, 2.45) is 0 Å². The summed E-state index contributed by atoms with van der Waals surface area (Å²) in [4.78, 5) is 10.7. The van der Waals surface area contributed by atoms with Crippen molar-refractivity contribution in [2.75, 3.05) is 0 Å². The predicted molar refractivity (Wildman–Crippen MR) is 49.5 cm³/mol. The summed E-state index contributed by atoms with van der Waals surface area (Å²) in [5.74, 6) is -1.71. The number of carboxylic acids is 1. The van der Waals surface area contributed by atoms with Crippen molar-refractivity contribution in [3.05, 3.63) is 11.4 Å². The first-order valence-corrected chi connectivity index (χ1v) is 5.17. The Labute approximate surface area is 94.2 Å². The van der Waals surface area contributed by atoms with Crippen molar-refractivity contribution in [2.45, 2.75) is 37.9 Å². The maximum atomic E-state index is 12.8. The first-order valence-electron chi connectivity index (χ1n) is 5.17. The highest BCUT2D eigenvalue weighted by Crippen LogP contribution is 2.37. The molecular formula is C9H10F3N3O2. The fourth-order valence-electron chi connectivity index (χ4n) is 2.11. The van der Waals surface area contributed by atoms with Crippen LogP contribution in [0.5, 0.6) is 0 Å². The summed E-state index contributed by atoms with van der Waals surface area (Å²) >= 11 is 0. The van der Waals surface area contributed by atoms with Crippen LogP contribution >= 0.6 is 0 Å². The Bertz CT molecular complexity index is 435. The highest BCUT2D eigenvalue weighted by molar-refractivity contribution is 5.86. The average Bonchev–Trinajstić information content (AvgIpc) is 2.85.